The number of para-hydroxylation sites is 2. The van der Waals surface area contributed by atoms with Crippen molar-refractivity contribution in [3.8, 4) is 0 Å². The SMILES string of the molecule is CN=C(NCCCn1c(C)nc2ccccc21)NCCN1CCC(C)CC1.I. The number of aliphatic imine (C=N–C) groups is 1. The van der Waals surface area contributed by atoms with Gasteiger partial charge in [0, 0.05) is 33.2 Å². The third kappa shape index (κ3) is 6.34. The smallest absolute Gasteiger partial charge is 0.191 e. The normalized spacial score (nSPS) is 16.2. The summed E-state index contributed by atoms with van der Waals surface area (Å²) in [6.45, 7) is 10.8. The molecule has 1 fully saturated rings. The second-order valence-electron chi connectivity index (χ2n) is 7.60. The minimum absolute atomic E-state index is 0. The summed E-state index contributed by atoms with van der Waals surface area (Å²) in [6.07, 6.45) is 3.69. The summed E-state index contributed by atoms with van der Waals surface area (Å²) < 4.78 is 2.30. The molecule has 0 spiro atoms. The molecule has 3 rings (SSSR count). The number of hydrogen-bond acceptors (Lipinski definition) is 3. The lowest BCUT2D eigenvalue weighted by Gasteiger charge is -2.30. The van der Waals surface area contributed by atoms with Crippen LogP contribution < -0.4 is 10.6 Å². The van der Waals surface area contributed by atoms with Gasteiger partial charge in [-0.3, -0.25) is 4.99 Å². The van der Waals surface area contributed by atoms with Crippen LogP contribution in [0.5, 0.6) is 0 Å². The molecular formula is C21H35IN6. The number of aromatic nitrogens is 2. The Morgan fingerprint density at radius 2 is 1.86 bits per heavy atom. The highest BCUT2D eigenvalue weighted by atomic mass is 127. The van der Waals surface area contributed by atoms with Gasteiger partial charge in [0.2, 0.25) is 0 Å². The molecular weight excluding hydrogens is 463 g/mol. The van der Waals surface area contributed by atoms with Gasteiger partial charge in [0.25, 0.3) is 0 Å². The van der Waals surface area contributed by atoms with E-state index in [0.29, 0.717) is 0 Å². The number of benzene rings is 1. The standard InChI is InChI=1S/C21H34N6.HI/c1-17-9-14-26(15-10-17)16-12-24-21(22-3)23-11-6-13-27-18(2)25-19-7-4-5-8-20(19)27;/h4-5,7-8,17H,6,9-16H2,1-3H3,(H2,22,23,24);1H. The van der Waals surface area contributed by atoms with E-state index in [4.69, 9.17) is 0 Å². The van der Waals surface area contributed by atoms with Crippen molar-refractivity contribution in [3.63, 3.8) is 0 Å². The molecule has 0 radical (unpaired) electrons. The number of nitrogens with zero attached hydrogens (tertiary/aromatic N) is 4. The lowest BCUT2D eigenvalue weighted by atomic mass is 9.99. The van der Waals surface area contributed by atoms with Gasteiger partial charge < -0.3 is 20.1 Å². The van der Waals surface area contributed by atoms with Crippen LogP contribution in [-0.2, 0) is 6.54 Å². The number of guanidine groups is 1. The van der Waals surface area contributed by atoms with Gasteiger partial charge in [-0.2, -0.15) is 0 Å². The average molecular weight is 498 g/mol. The molecule has 1 aliphatic heterocycles. The third-order valence-electron chi connectivity index (χ3n) is 5.52. The summed E-state index contributed by atoms with van der Waals surface area (Å²) in [5.74, 6) is 2.86. The largest absolute Gasteiger partial charge is 0.356 e. The Morgan fingerprint density at radius 1 is 1.14 bits per heavy atom. The molecule has 1 aromatic heterocycles. The molecule has 0 atom stereocenters. The van der Waals surface area contributed by atoms with Crippen molar-refractivity contribution in [1.82, 2.24) is 25.1 Å². The zero-order valence-corrected chi connectivity index (χ0v) is 19.8. The van der Waals surface area contributed by atoms with E-state index in [1.165, 1.54) is 31.4 Å². The molecule has 0 unspecified atom stereocenters. The molecule has 7 heteroatoms. The summed E-state index contributed by atoms with van der Waals surface area (Å²) in [6, 6.07) is 8.34. The minimum Gasteiger partial charge on any atom is -0.356 e. The molecule has 0 aliphatic carbocycles. The van der Waals surface area contributed by atoms with Crippen molar-refractivity contribution in [2.75, 3.05) is 39.8 Å². The quantitative estimate of drug-likeness (QED) is 0.267. The van der Waals surface area contributed by atoms with Crippen LogP contribution in [0.15, 0.2) is 29.3 Å². The number of aryl methyl sites for hydroxylation is 2. The molecule has 2 N–H and O–H groups in total. The molecule has 0 bridgehead atoms. The molecule has 2 heterocycles. The Bertz CT molecular complexity index is 748. The van der Waals surface area contributed by atoms with Crippen LogP contribution in [0, 0.1) is 12.8 Å². The molecule has 1 aromatic carbocycles. The first-order valence-electron chi connectivity index (χ1n) is 10.3. The summed E-state index contributed by atoms with van der Waals surface area (Å²) in [7, 11) is 1.84. The molecule has 0 amide bonds. The molecule has 1 aliphatic rings. The van der Waals surface area contributed by atoms with Gasteiger partial charge in [-0.25, -0.2) is 4.98 Å². The van der Waals surface area contributed by atoms with Gasteiger partial charge in [-0.05, 0) is 57.3 Å². The first kappa shape index (κ1) is 22.9. The van der Waals surface area contributed by atoms with E-state index in [2.05, 4.69) is 62.1 Å². The van der Waals surface area contributed by atoms with E-state index >= 15 is 0 Å². The maximum atomic E-state index is 4.63. The highest BCUT2D eigenvalue weighted by molar-refractivity contribution is 14.0. The Kier molecular flexibility index (Phi) is 9.50. The number of nitrogens with one attached hydrogen (secondary N) is 2. The van der Waals surface area contributed by atoms with Gasteiger partial charge in [0.05, 0.1) is 11.0 Å². The Hall–Kier alpha value is -1.35. The van der Waals surface area contributed by atoms with Crippen molar-refractivity contribution in [2.24, 2.45) is 10.9 Å². The summed E-state index contributed by atoms with van der Waals surface area (Å²) in [5, 5.41) is 6.87. The van der Waals surface area contributed by atoms with Gasteiger partial charge in [-0.1, -0.05) is 19.1 Å². The monoisotopic (exact) mass is 498 g/mol. The highest BCUT2D eigenvalue weighted by Gasteiger charge is 2.14. The molecule has 1 saturated heterocycles. The maximum absolute atomic E-state index is 4.63. The Morgan fingerprint density at radius 3 is 2.61 bits per heavy atom. The van der Waals surface area contributed by atoms with Gasteiger partial charge in [-0.15, -0.1) is 24.0 Å². The van der Waals surface area contributed by atoms with Crippen LogP contribution in [-0.4, -0.2) is 60.2 Å². The van der Waals surface area contributed by atoms with E-state index in [-0.39, 0.29) is 24.0 Å². The summed E-state index contributed by atoms with van der Waals surface area (Å²) >= 11 is 0. The molecule has 28 heavy (non-hydrogen) atoms. The summed E-state index contributed by atoms with van der Waals surface area (Å²) in [4.78, 5) is 11.5. The second kappa shape index (κ2) is 11.6. The minimum atomic E-state index is 0. The Labute approximate surface area is 186 Å². The lowest BCUT2D eigenvalue weighted by molar-refractivity contribution is 0.195. The zero-order valence-electron chi connectivity index (χ0n) is 17.4. The van der Waals surface area contributed by atoms with Crippen LogP contribution in [0.25, 0.3) is 11.0 Å². The maximum Gasteiger partial charge on any atom is 0.191 e. The van der Waals surface area contributed by atoms with E-state index in [1.54, 1.807) is 0 Å². The second-order valence-corrected chi connectivity index (χ2v) is 7.60. The topological polar surface area (TPSA) is 57.5 Å². The fourth-order valence-electron chi connectivity index (χ4n) is 3.76. The van der Waals surface area contributed by atoms with Gasteiger partial charge in [0.15, 0.2) is 5.96 Å². The highest BCUT2D eigenvalue weighted by Crippen LogP contribution is 2.16. The fourth-order valence-corrected chi connectivity index (χ4v) is 3.76. The van der Waals surface area contributed by atoms with Crippen molar-refractivity contribution in [1.29, 1.82) is 0 Å². The molecule has 0 saturated carbocycles. The van der Waals surface area contributed by atoms with Crippen molar-refractivity contribution in [2.45, 2.75) is 39.7 Å². The number of likely N-dealkylation sites (tertiary alicyclic amines) is 1. The number of imidazole rings is 1. The van der Waals surface area contributed by atoms with E-state index in [1.807, 2.05) is 13.1 Å². The predicted molar refractivity (Wildman–Crippen MR) is 129 cm³/mol. The number of halogens is 1. The molecule has 6 nitrogen and oxygen atoms in total. The van der Waals surface area contributed by atoms with Gasteiger partial charge in [0.1, 0.15) is 5.82 Å². The van der Waals surface area contributed by atoms with Crippen LogP contribution in [0.4, 0.5) is 0 Å². The van der Waals surface area contributed by atoms with Crippen LogP contribution >= 0.6 is 24.0 Å². The first-order chi connectivity index (χ1) is 13.2. The number of rotatable bonds is 7. The average Bonchev–Trinajstić information content (AvgIpc) is 3.00. The van der Waals surface area contributed by atoms with E-state index in [9.17, 15) is 0 Å². The molecule has 156 valence electrons. The lowest BCUT2D eigenvalue weighted by Crippen LogP contribution is -2.43. The zero-order chi connectivity index (χ0) is 19.1. The third-order valence-corrected chi connectivity index (χ3v) is 5.52. The predicted octanol–water partition coefficient (Wildman–Crippen LogP) is 3.25. The van der Waals surface area contributed by atoms with Crippen molar-refractivity contribution >= 4 is 41.0 Å². The van der Waals surface area contributed by atoms with Crippen molar-refractivity contribution in [3.05, 3.63) is 30.1 Å². The number of hydrogen-bond donors (Lipinski definition) is 2. The molecule has 2 aromatic rings. The Balaban J connectivity index is 0.00000280. The fraction of sp³-hybridized carbons (Fsp3) is 0.619. The number of piperidine rings is 1. The van der Waals surface area contributed by atoms with Crippen molar-refractivity contribution < 1.29 is 0 Å². The number of fused-ring (bicyclic) bond motifs is 1. The van der Waals surface area contributed by atoms with Crippen LogP contribution in [0.1, 0.15) is 32.0 Å². The summed E-state index contributed by atoms with van der Waals surface area (Å²) in [5.41, 5.74) is 2.29. The van der Waals surface area contributed by atoms with E-state index < -0.39 is 0 Å². The van der Waals surface area contributed by atoms with E-state index in [0.717, 1.165) is 55.8 Å². The first-order valence-corrected chi connectivity index (χ1v) is 10.3. The van der Waals surface area contributed by atoms with Gasteiger partial charge >= 0.3 is 0 Å². The van der Waals surface area contributed by atoms with Crippen LogP contribution in [0.2, 0.25) is 0 Å². The van der Waals surface area contributed by atoms with Crippen LogP contribution in [0.3, 0.4) is 0 Å².